The number of nitrogens with two attached hydrogens (primary N) is 1. The van der Waals surface area contributed by atoms with E-state index in [0.717, 1.165) is 39.0 Å². The van der Waals surface area contributed by atoms with Crippen LogP contribution in [0.2, 0.25) is 0 Å². The predicted octanol–water partition coefficient (Wildman–Crippen LogP) is -0.275. The molecule has 2 saturated heterocycles. The third-order valence-electron chi connectivity index (χ3n) is 2.79. The van der Waals surface area contributed by atoms with E-state index < -0.39 is 0 Å². The Labute approximate surface area is 78.0 Å². The van der Waals surface area contributed by atoms with Crippen LogP contribution < -0.4 is 5.73 Å². The van der Waals surface area contributed by atoms with Crippen molar-refractivity contribution in [3.63, 3.8) is 0 Å². The second-order valence-corrected chi connectivity index (χ2v) is 3.81. The summed E-state index contributed by atoms with van der Waals surface area (Å²) in [5, 5.41) is 0. The van der Waals surface area contributed by atoms with Crippen LogP contribution in [0, 0.1) is 0 Å². The van der Waals surface area contributed by atoms with Crippen LogP contribution in [0.3, 0.4) is 0 Å². The molecule has 1 amide bonds. The monoisotopic (exact) mass is 184 g/mol. The SMILES string of the molecule is NC1CN(CCC2CCCO2)C1=O. The van der Waals surface area contributed by atoms with Crippen molar-refractivity contribution in [2.75, 3.05) is 19.7 Å². The van der Waals surface area contributed by atoms with Crippen LogP contribution in [0.15, 0.2) is 0 Å². The van der Waals surface area contributed by atoms with Gasteiger partial charge in [-0.3, -0.25) is 4.79 Å². The van der Waals surface area contributed by atoms with Crippen LogP contribution in [0.4, 0.5) is 0 Å². The lowest BCUT2D eigenvalue weighted by Gasteiger charge is -2.36. The fourth-order valence-corrected chi connectivity index (χ4v) is 1.90. The molecule has 2 aliphatic heterocycles. The molecule has 0 aromatic heterocycles. The Hall–Kier alpha value is -0.610. The normalized spacial score (nSPS) is 33.6. The molecule has 2 rings (SSSR count). The average molecular weight is 184 g/mol. The number of carbonyl (C=O) groups excluding carboxylic acids is 1. The summed E-state index contributed by atoms with van der Waals surface area (Å²) in [4.78, 5) is 12.9. The molecule has 2 unspecified atom stereocenters. The van der Waals surface area contributed by atoms with Gasteiger partial charge in [0.25, 0.3) is 0 Å². The second-order valence-electron chi connectivity index (χ2n) is 3.81. The third-order valence-corrected chi connectivity index (χ3v) is 2.79. The molecule has 0 saturated carbocycles. The smallest absolute Gasteiger partial charge is 0.241 e. The molecule has 4 nitrogen and oxygen atoms in total. The van der Waals surface area contributed by atoms with Gasteiger partial charge in [-0.15, -0.1) is 0 Å². The number of hydrogen-bond acceptors (Lipinski definition) is 3. The summed E-state index contributed by atoms with van der Waals surface area (Å²) in [6.07, 6.45) is 3.66. The number of β-lactam (4-membered cyclic amide) rings is 1. The maximum atomic E-state index is 11.1. The van der Waals surface area contributed by atoms with Gasteiger partial charge < -0.3 is 15.4 Å². The zero-order valence-electron chi connectivity index (χ0n) is 7.74. The van der Waals surface area contributed by atoms with Gasteiger partial charge >= 0.3 is 0 Å². The first-order valence-electron chi connectivity index (χ1n) is 4.93. The lowest BCUT2D eigenvalue weighted by molar-refractivity contribution is -0.142. The van der Waals surface area contributed by atoms with Crippen LogP contribution >= 0.6 is 0 Å². The van der Waals surface area contributed by atoms with E-state index in [1.807, 2.05) is 4.90 Å². The van der Waals surface area contributed by atoms with Crippen LogP contribution in [-0.2, 0) is 9.53 Å². The quantitative estimate of drug-likeness (QED) is 0.614. The topological polar surface area (TPSA) is 55.6 Å². The molecule has 2 aliphatic rings. The van der Waals surface area contributed by atoms with E-state index >= 15 is 0 Å². The van der Waals surface area contributed by atoms with E-state index in [9.17, 15) is 4.79 Å². The average Bonchev–Trinajstić information content (AvgIpc) is 2.64. The van der Waals surface area contributed by atoms with E-state index in [0.29, 0.717) is 6.10 Å². The van der Waals surface area contributed by atoms with Gasteiger partial charge in [-0.2, -0.15) is 0 Å². The standard InChI is InChI=1S/C9H16N2O2/c10-8-6-11(9(8)12)4-3-7-2-1-5-13-7/h7-8H,1-6,10H2. The van der Waals surface area contributed by atoms with Gasteiger partial charge in [-0.25, -0.2) is 0 Å². The highest BCUT2D eigenvalue weighted by atomic mass is 16.5. The Morgan fingerprint density at radius 3 is 3.00 bits per heavy atom. The summed E-state index contributed by atoms with van der Waals surface area (Å²) < 4.78 is 5.46. The Bertz CT molecular complexity index is 202. The van der Waals surface area contributed by atoms with E-state index in [4.69, 9.17) is 10.5 Å². The summed E-state index contributed by atoms with van der Waals surface area (Å²) >= 11 is 0. The molecule has 0 bridgehead atoms. The minimum atomic E-state index is -0.232. The van der Waals surface area contributed by atoms with E-state index in [-0.39, 0.29) is 11.9 Å². The summed E-state index contributed by atoms with van der Waals surface area (Å²) in [5.74, 6) is 0.0954. The molecule has 0 aliphatic carbocycles. The molecular weight excluding hydrogens is 168 g/mol. The molecule has 2 N–H and O–H groups in total. The first-order chi connectivity index (χ1) is 6.27. The number of hydrogen-bond donors (Lipinski definition) is 1. The van der Waals surface area contributed by atoms with Crippen molar-refractivity contribution in [2.45, 2.75) is 31.4 Å². The van der Waals surface area contributed by atoms with Crippen molar-refractivity contribution in [1.82, 2.24) is 4.90 Å². The highest BCUT2D eigenvalue weighted by Gasteiger charge is 2.33. The van der Waals surface area contributed by atoms with Crippen molar-refractivity contribution in [1.29, 1.82) is 0 Å². The van der Waals surface area contributed by atoms with Crippen molar-refractivity contribution in [3.05, 3.63) is 0 Å². The molecule has 74 valence electrons. The van der Waals surface area contributed by atoms with Crippen LogP contribution in [-0.4, -0.2) is 42.6 Å². The molecule has 0 aromatic carbocycles. The first-order valence-corrected chi connectivity index (χ1v) is 4.93. The highest BCUT2D eigenvalue weighted by Crippen LogP contribution is 2.17. The van der Waals surface area contributed by atoms with Crippen LogP contribution in [0.25, 0.3) is 0 Å². The van der Waals surface area contributed by atoms with E-state index in [1.54, 1.807) is 0 Å². The number of rotatable bonds is 3. The van der Waals surface area contributed by atoms with Gasteiger partial charge in [0.15, 0.2) is 0 Å². The minimum Gasteiger partial charge on any atom is -0.378 e. The maximum absolute atomic E-state index is 11.1. The highest BCUT2D eigenvalue weighted by molar-refractivity contribution is 5.87. The largest absolute Gasteiger partial charge is 0.378 e. The van der Waals surface area contributed by atoms with E-state index in [1.165, 1.54) is 0 Å². The lowest BCUT2D eigenvalue weighted by Crippen LogP contribution is -2.61. The first kappa shape index (κ1) is 8.97. The fraction of sp³-hybridized carbons (Fsp3) is 0.889. The van der Waals surface area contributed by atoms with Gasteiger partial charge in [0.2, 0.25) is 5.91 Å². The van der Waals surface area contributed by atoms with Gasteiger partial charge in [-0.05, 0) is 19.3 Å². The van der Waals surface area contributed by atoms with Crippen LogP contribution in [0.1, 0.15) is 19.3 Å². The van der Waals surface area contributed by atoms with Gasteiger partial charge in [0.1, 0.15) is 6.04 Å². The van der Waals surface area contributed by atoms with Crippen molar-refractivity contribution in [2.24, 2.45) is 5.73 Å². The fourth-order valence-electron chi connectivity index (χ4n) is 1.90. The van der Waals surface area contributed by atoms with Crippen molar-refractivity contribution < 1.29 is 9.53 Å². The number of nitrogens with zero attached hydrogens (tertiary/aromatic N) is 1. The molecule has 0 spiro atoms. The molecule has 0 aromatic rings. The molecule has 2 fully saturated rings. The number of amides is 1. The summed E-state index contributed by atoms with van der Waals surface area (Å²) in [6.45, 7) is 2.43. The summed E-state index contributed by atoms with van der Waals surface area (Å²) in [7, 11) is 0. The van der Waals surface area contributed by atoms with Gasteiger partial charge in [0.05, 0.1) is 6.10 Å². The van der Waals surface area contributed by atoms with E-state index in [2.05, 4.69) is 0 Å². The molecule has 2 heterocycles. The third kappa shape index (κ3) is 1.84. The Balaban J connectivity index is 1.65. The molecule has 0 radical (unpaired) electrons. The Morgan fingerprint density at radius 1 is 1.62 bits per heavy atom. The summed E-state index contributed by atoms with van der Waals surface area (Å²) in [6, 6.07) is -0.232. The van der Waals surface area contributed by atoms with Gasteiger partial charge in [0, 0.05) is 19.7 Å². The Morgan fingerprint density at radius 2 is 2.46 bits per heavy atom. The number of carbonyl (C=O) groups is 1. The Kier molecular flexibility index (Phi) is 2.51. The molecular formula is C9H16N2O2. The second kappa shape index (κ2) is 3.64. The maximum Gasteiger partial charge on any atom is 0.241 e. The van der Waals surface area contributed by atoms with Crippen LogP contribution in [0.5, 0.6) is 0 Å². The van der Waals surface area contributed by atoms with Gasteiger partial charge in [-0.1, -0.05) is 0 Å². The number of ether oxygens (including phenoxy) is 1. The predicted molar refractivity (Wildman–Crippen MR) is 48.1 cm³/mol. The minimum absolute atomic E-state index is 0.0954. The lowest BCUT2D eigenvalue weighted by atomic mass is 10.1. The number of likely N-dealkylation sites (tertiary alicyclic amines) is 1. The zero-order valence-corrected chi connectivity index (χ0v) is 7.74. The molecule has 4 heteroatoms. The summed E-state index contributed by atoms with van der Waals surface area (Å²) in [5.41, 5.74) is 5.47. The zero-order chi connectivity index (χ0) is 9.26. The van der Waals surface area contributed by atoms with Crippen molar-refractivity contribution in [3.8, 4) is 0 Å². The molecule has 13 heavy (non-hydrogen) atoms. The molecule has 2 atom stereocenters. The van der Waals surface area contributed by atoms with Crippen molar-refractivity contribution >= 4 is 5.91 Å².